The molecule has 1 aromatic rings. The first-order valence-corrected chi connectivity index (χ1v) is 11.9. The van der Waals surface area contributed by atoms with Crippen molar-refractivity contribution >= 4 is 0 Å². The molecule has 2 saturated carbocycles. The summed E-state index contributed by atoms with van der Waals surface area (Å²) in [6, 6.07) is 1.23. The Balaban J connectivity index is 1.39. The Labute approximate surface area is 177 Å². The van der Waals surface area contributed by atoms with Gasteiger partial charge in [-0.25, -0.2) is 8.78 Å². The minimum atomic E-state index is -3.23. The van der Waals surface area contributed by atoms with E-state index < -0.39 is 24.0 Å². The molecule has 5 atom stereocenters. The lowest BCUT2D eigenvalue weighted by Crippen LogP contribution is -2.35. The second kappa shape index (κ2) is 9.48. The molecule has 2 fully saturated rings. The Morgan fingerprint density at radius 2 is 1.67 bits per heavy atom. The first-order valence-electron chi connectivity index (χ1n) is 11.9. The molecule has 0 heterocycles. The monoisotopic (exact) mass is 426 g/mol. The zero-order valence-corrected chi connectivity index (χ0v) is 17.9. The predicted molar refractivity (Wildman–Crippen MR) is 110 cm³/mol. The van der Waals surface area contributed by atoms with Crippen LogP contribution in [0.5, 0.6) is 5.75 Å². The molecule has 0 bridgehead atoms. The molecule has 3 aliphatic rings. The normalized spacial score (nSPS) is 31.3. The lowest BCUT2D eigenvalue weighted by Gasteiger charge is -2.45. The SMILES string of the molecule is CCCCC1CCC2CC(C3CCc4c(cc(F)c(OC(F)F)c4F)C3)CCC2C1. The van der Waals surface area contributed by atoms with E-state index in [2.05, 4.69) is 11.7 Å². The van der Waals surface area contributed by atoms with Gasteiger partial charge in [-0.15, -0.1) is 0 Å². The van der Waals surface area contributed by atoms with Gasteiger partial charge in [-0.05, 0) is 98.1 Å². The first kappa shape index (κ1) is 22.0. The van der Waals surface area contributed by atoms with E-state index in [0.29, 0.717) is 35.8 Å². The van der Waals surface area contributed by atoms with E-state index in [1.54, 1.807) is 0 Å². The molecule has 0 amide bonds. The summed E-state index contributed by atoms with van der Waals surface area (Å²) in [6.07, 6.45) is 13.9. The van der Waals surface area contributed by atoms with Crippen molar-refractivity contribution in [3.05, 3.63) is 28.8 Å². The Morgan fingerprint density at radius 3 is 2.40 bits per heavy atom. The average Bonchev–Trinajstić information content (AvgIpc) is 2.74. The number of benzene rings is 1. The summed E-state index contributed by atoms with van der Waals surface area (Å²) in [7, 11) is 0. The minimum Gasteiger partial charge on any atom is -0.429 e. The van der Waals surface area contributed by atoms with Crippen LogP contribution in [0.3, 0.4) is 0 Å². The molecule has 1 aromatic carbocycles. The van der Waals surface area contributed by atoms with Gasteiger partial charge in [0.2, 0.25) is 0 Å². The third-order valence-corrected chi connectivity index (χ3v) is 8.22. The number of alkyl halides is 2. The van der Waals surface area contributed by atoms with Gasteiger partial charge < -0.3 is 4.74 Å². The quantitative estimate of drug-likeness (QED) is 0.424. The van der Waals surface area contributed by atoms with Crippen molar-refractivity contribution in [3.8, 4) is 5.75 Å². The Kier molecular flexibility index (Phi) is 6.94. The third kappa shape index (κ3) is 4.65. The lowest BCUT2D eigenvalue weighted by atomic mass is 9.61. The molecule has 0 aromatic heterocycles. The van der Waals surface area contributed by atoms with Crippen molar-refractivity contribution in [1.29, 1.82) is 0 Å². The highest BCUT2D eigenvalue weighted by molar-refractivity contribution is 5.40. The van der Waals surface area contributed by atoms with E-state index in [-0.39, 0.29) is 0 Å². The van der Waals surface area contributed by atoms with Gasteiger partial charge in [-0.3, -0.25) is 0 Å². The largest absolute Gasteiger partial charge is 0.429 e. The maximum Gasteiger partial charge on any atom is 0.387 e. The molecule has 3 aliphatic carbocycles. The fraction of sp³-hybridized carbons (Fsp3) is 0.760. The van der Waals surface area contributed by atoms with Gasteiger partial charge in [0, 0.05) is 0 Å². The Hall–Kier alpha value is -1.26. The molecule has 0 N–H and O–H groups in total. The summed E-state index contributed by atoms with van der Waals surface area (Å²) < 4.78 is 57.9. The summed E-state index contributed by atoms with van der Waals surface area (Å²) in [4.78, 5) is 0. The number of fused-ring (bicyclic) bond motifs is 2. The van der Waals surface area contributed by atoms with Crippen molar-refractivity contribution in [1.82, 2.24) is 0 Å². The van der Waals surface area contributed by atoms with Crippen LogP contribution in [0.1, 0.15) is 82.3 Å². The van der Waals surface area contributed by atoms with Crippen LogP contribution in [-0.2, 0) is 12.8 Å². The summed E-state index contributed by atoms with van der Waals surface area (Å²) in [5, 5.41) is 0. The number of hydrogen-bond donors (Lipinski definition) is 0. The summed E-state index contributed by atoms with van der Waals surface area (Å²) in [6.45, 7) is -0.959. The standard InChI is InChI=1S/C25H34F4O/c1-2-3-4-15-5-6-17-12-18(8-7-16(17)11-15)19-9-10-21-20(13-19)14-22(26)24(23(21)27)30-25(28)29/h14-19,25H,2-13H2,1H3. The van der Waals surface area contributed by atoms with Gasteiger partial charge in [-0.1, -0.05) is 32.6 Å². The van der Waals surface area contributed by atoms with E-state index in [0.717, 1.165) is 24.2 Å². The maximum atomic E-state index is 14.6. The Morgan fingerprint density at radius 1 is 0.967 bits per heavy atom. The van der Waals surface area contributed by atoms with E-state index in [1.807, 2.05) is 0 Å². The van der Waals surface area contributed by atoms with Crippen molar-refractivity contribution in [2.45, 2.75) is 90.6 Å². The first-order chi connectivity index (χ1) is 14.5. The van der Waals surface area contributed by atoms with Crippen LogP contribution in [0.4, 0.5) is 17.6 Å². The number of hydrogen-bond acceptors (Lipinski definition) is 1. The highest BCUT2D eigenvalue weighted by atomic mass is 19.3. The van der Waals surface area contributed by atoms with Crippen LogP contribution < -0.4 is 4.74 Å². The summed E-state index contributed by atoms with van der Waals surface area (Å²) in [5.41, 5.74) is 1.02. The molecule has 30 heavy (non-hydrogen) atoms. The topological polar surface area (TPSA) is 9.23 Å². The van der Waals surface area contributed by atoms with Crippen molar-refractivity contribution < 1.29 is 22.3 Å². The predicted octanol–water partition coefficient (Wildman–Crippen LogP) is 7.69. The molecule has 0 spiro atoms. The zero-order valence-electron chi connectivity index (χ0n) is 17.9. The van der Waals surface area contributed by atoms with E-state index in [9.17, 15) is 17.6 Å². The van der Waals surface area contributed by atoms with E-state index in [4.69, 9.17) is 0 Å². The van der Waals surface area contributed by atoms with Crippen LogP contribution in [-0.4, -0.2) is 6.61 Å². The van der Waals surface area contributed by atoms with Crippen LogP contribution >= 0.6 is 0 Å². The summed E-state index contributed by atoms with van der Waals surface area (Å²) in [5.74, 6) is 0.795. The molecule has 0 radical (unpaired) electrons. The molecule has 1 nitrogen and oxygen atoms in total. The Bertz CT molecular complexity index is 734. The van der Waals surface area contributed by atoms with Crippen LogP contribution in [0.25, 0.3) is 0 Å². The molecule has 0 aliphatic heterocycles. The van der Waals surface area contributed by atoms with Gasteiger partial charge in [0.05, 0.1) is 0 Å². The second-order valence-electron chi connectivity index (χ2n) is 9.94. The zero-order chi connectivity index (χ0) is 21.3. The molecule has 5 unspecified atom stereocenters. The van der Waals surface area contributed by atoms with Gasteiger partial charge in [0.25, 0.3) is 0 Å². The average molecular weight is 427 g/mol. The molecule has 4 rings (SSSR count). The smallest absolute Gasteiger partial charge is 0.387 e. The number of rotatable bonds is 6. The molecule has 0 saturated heterocycles. The second-order valence-corrected chi connectivity index (χ2v) is 9.94. The number of unbranched alkanes of at least 4 members (excludes halogenated alkanes) is 1. The van der Waals surface area contributed by atoms with E-state index >= 15 is 0 Å². The highest BCUT2D eigenvalue weighted by Gasteiger charge is 2.39. The summed E-state index contributed by atoms with van der Waals surface area (Å²) >= 11 is 0. The fourth-order valence-corrected chi connectivity index (χ4v) is 6.66. The maximum absolute atomic E-state index is 14.6. The molecule has 168 valence electrons. The lowest BCUT2D eigenvalue weighted by molar-refractivity contribution is -0.0548. The van der Waals surface area contributed by atoms with Crippen LogP contribution in [0, 0.1) is 41.2 Å². The fourth-order valence-electron chi connectivity index (χ4n) is 6.66. The van der Waals surface area contributed by atoms with Gasteiger partial charge in [-0.2, -0.15) is 8.78 Å². The van der Waals surface area contributed by atoms with Crippen LogP contribution in [0.2, 0.25) is 0 Å². The number of halogens is 4. The highest BCUT2D eigenvalue weighted by Crippen LogP contribution is 2.49. The van der Waals surface area contributed by atoms with Crippen molar-refractivity contribution in [2.24, 2.45) is 29.6 Å². The molecular weight excluding hydrogens is 392 g/mol. The molecular formula is C25H34F4O. The van der Waals surface area contributed by atoms with Gasteiger partial charge in [0.1, 0.15) is 0 Å². The van der Waals surface area contributed by atoms with Crippen LogP contribution in [0.15, 0.2) is 6.07 Å². The van der Waals surface area contributed by atoms with Crippen molar-refractivity contribution in [2.75, 3.05) is 0 Å². The van der Waals surface area contributed by atoms with Gasteiger partial charge in [0.15, 0.2) is 17.4 Å². The van der Waals surface area contributed by atoms with Gasteiger partial charge >= 0.3 is 6.61 Å². The third-order valence-electron chi connectivity index (χ3n) is 8.22. The van der Waals surface area contributed by atoms with E-state index in [1.165, 1.54) is 63.9 Å². The number of ether oxygens (including phenoxy) is 1. The van der Waals surface area contributed by atoms with Crippen molar-refractivity contribution in [3.63, 3.8) is 0 Å². The minimum absolute atomic E-state index is 0.369. The molecule has 5 heteroatoms.